The summed E-state index contributed by atoms with van der Waals surface area (Å²) in [5.41, 5.74) is 1.47. The summed E-state index contributed by atoms with van der Waals surface area (Å²) in [6.45, 7) is 2.08. The number of nitrogens with zero attached hydrogens (tertiary/aromatic N) is 3. The fraction of sp³-hybridized carbons (Fsp3) is 0.300. The summed E-state index contributed by atoms with van der Waals surface area (Å²) in [6, 6.07) is 10.8. The van der Waals surface area contributed by atoms with Gasteiger partial charge in [0.05, 0.1) is 21.4 Å². The summed E-state index contributed by atoms with van der Waals surface area (Å²) in [5, 5.41) is 14.2. The van der Waals surface area contributed by atoms with Gasteiger partial charge in [0.2, 0.25) is 21.8 Å². The largest absolute Gasteiger partial charge is 0.274 e. The van der Waals surface area contributed by atoms with Gasteiger partial charge in [-0.25, -0.2) is 23.4 Å². The first-order valence-corrected chi connectivity index (χ1v) is 11.7. The van der Waals surface area contributed by atoms with Crippen LogP contribution in [-0.4, -0.2) is 30.5 Å². The van der Waals surface area contributed by atoms with Gasteiger partial charge >= 0.3 is 0 Å². The molecule has 8 nitrogen and oxygen atoms in total. The number of unbranched alkanes of at least 4 members (excludes halogenated alkanes) is 1. The van der Waals surface area contributed by atoms with Crippen molar-refractivity contribution < 1.29 is 18.0 Å². The molecule has 156 valence electrons. The van der Waals surface area contributed by atoms with Crippen LogP contribution in [0.25, 0.3) is 0 Å². The second-order valence-corrected chi connectivity index (χ2v) is 9.54. The van der Waals surface area contributed by atoms with Gasteiger partial charge in [-0.15, -0.1) is 0 Å². The second-order valence-electron chi connectivity index (χ2n) is 6.79. The van der Waals surface area contributed by atoms with Crippen molar-refractivity contribution in [1.82, 2.24) is 4.98 Å². The number of hydrogen-bond acceptors (Lipinski definition) is 7. The first-order valence-electron chi connectivity index (χ1n) is 9.31. The third-order valence-corrected chi connectivity index (χ3v) is 6.72. The highest BCUT2D eigenvalue weighted by atomic mass is 32.2. The van der Waals surface area contributed by atoms with Gasteiger partial charge in [0.25, 0.3) is 0 Å². The van der Waals surface area contributed by atoms with Crippen LogP contribution < -0.4 is 10.0 Å². The van der Waals surface area contributed by atoms with Crippen LogP contribution in [0.1, 0.15) is 37.4 Å². The van der Waals surface area contributed by atoms with Gasteiger partial charge in [-0.05, 0) is 49.2 Å². The molecule has 3 rings (SSSR count). The van der Waals surface area contributed by atoms with E-state index >= 15 is 0 Å². The number of thioether (sulfide) groups is 1. The van der Waals surface area contributed by atoms with E-state index in [0.29, 0.717) is 10.6 Å². The Balaban J connectivity index is 1.82. The summed E-state index contributed by atoms with van der Waals surface area (Å²) in [4.78, 5) is 30.8. The zero-order valence-electron chi connectivity index (χ0n) is 16.2. The van der Waals surface area contributed by atoms with Gasteiger partial charge in [0, 0.05) is 12.1 Å². The molecular weight excluding hydrogens is 424 g/mol. The molecule has 10 heteroatoms. The minimum Gasteiger partial charge on any atom is -0.274 e. The number of benzene rings is 1. The summed E-state index contributed by atoms with van der Waals surface area (Å²) in [6.07, 6.45) is 2.72. The summed E-state index contributed by atoms with van der Waals surface area (Å²) < 4.78 is 22.8. The van der Waals surface area contributed by atoms with Crippen molar-refractivity contribution in [3.05, 3.63) is 47.7 Å². The minimum absolute atomic E-state index is 0.0355. The van der Waals surface area contributed by atoms with Crippen molar-refractivity contribution in [2.75, 3.05) is 4.90 Å². The van der Waals surface area contributed by atoms with E-state index in [0.717, 1.165) is 41.6 Å². The third-order valence-electron chi connectivity index (χ3n) is 4.61. The Kier molecular flexibility index (Phi) is 6.55. The van der Waals surface area contributed by atoms with Crippen LogP contribution in [0.4, 0.5) is 5.69 Å². The number of carbonyl (C=O) groups is 2. The number of nitriles is 1. The molecular formula is C20H20N4O4S2. The predicted octanol–water partition coefficient (Wildman–Crippen LogP) is 2.37. The first-order chi connectivity index (χ1) is 14.2. The Morgan fingerprint density at radius 3 is 2.53 bits per heavy atom. The number of amides is 2. The molecule has 2 aromatic rings. The maximum atomic E-state index is 12.9. The van der Waals surface area contributed by atoms with Gasteiger partial charge in [0.1, 0.15) is 11.1 Å². The van der Waals surface area contributed by atoms with Gasteiger partial charge in [0.15, 0.2) is 0 Å². The van der Waals surface area contributed by atoms with E-state index in [1.807, 2.05) is 0 Å². The highest BCUT2D eigenvalue weighted by molar-refractivity contribution is 8.00. The lowest BCUT2D eigenvalue weighted by molar-refractivity contribution is -0.121. The fourth-order valence-electron chi connectivity index (χ4n) is 3.04. The van der Waals surface area contributed by atoms with Gasteiger partial charge in [-0.1, -0.05) is 25.1 Å². The second kappa shape index (κ2) is 8.95. The number of carbonyl (C=O) groups excluding carboxylic acids is 2. The number of sulfonamides is 1. The number of aryl methyl sites for hydroxylation is 1. The van der Waals surface area contributed by atoms with Crippen molar-refractivity contribution >= 4 is 39.3 Å². The molecule has 0 aliphatic carbocycles. The Bertz CT molecular complexity index is 1120. The highest BCUT2D eigenvalue weighted by Gasteiger charge is 2.40. The van der Waals surface area contributed by atoms with E-state index in [4.69, 9.17) is 5.14 Å². The summed E-state index contributed by atoms with van der Waals surface area (Å²) in [7, 11) is -3.87. The van der Waals surface area contributed by atoms with Crippen molar-refractivity contribution in [2.45, 2.75) is 47.8 Å². The third kappa shape index (κ3) is 4.70. The van der Waals surface area contributed by atoms with Crippen LogP contribution in [0, 0.1) is 11.3 Å². The van der Waals surface area contributed by atoms with Gasteiger partial charge in [-0.2, -0.15) is 5.26 Å². The summed E-state index contributed by atoms with van der Waals surface area (Å²) in [5.74, 6) is -0.834. The molecule has 1 saturated heterocycles. The van der Waals surface area contributed by atoms with Crippen LogP contribution in [0.15, 0.2) is 46.3 Å². The lowest BCUT2D eigenvalue weighted by Crippen LogP contribution is -2.31. The molecule has 1 atom stereocenters. The quantitative estimate of drug-likeness (QED) is 0.648. The van der Waals surface area contributed by atoms with Crippen LogP contribution in [-0.2, 0) is 26.0 Å². The topological polar surface area (TPSA) is 134 Å². The summed E-state index contributed by atoms with van der Waals surface area (Å²) >= 11 is 1.11. The molecule has 0 radical (unpaired) electrons. The highest BCUT2D eigenvalue weighted by Crippen LogP contribution is 2.35. The molecule has 0 bridgehead atoms. The maximum absolute atomic E-state index is 12.9. The van der Waals surface area contributed by atoms with Crippen molar-refractivity contribution in [2.24, 2.45) is 5.14 Å². The van der Waals surface area contributed by atoms with E-state index in [1.165, 1.54) is 24.3 Å². The molecule has 1 unspecified atom stereocenters. The molecule has 1 aromatic carbocycles. The predicted molar refractivity (Wildman–Crippen MR) is 112 cm³/mol. The lowest BCUT2D eigenvalue weighted by Gasteiger charge is -2.15. The number of primary sulfonamides is 1. The van der Waals surface area contributed by atoms with E-state index in [-0.39, 0.29) is 17.0 Å². The minimum atomic E-state index is -3.87. The van der Waals surface area contributed by atoms with Gasteiger partial charge < -0.3 is 0 Å². The molecule has 1 aliphatic rings. The zero-order valence-corrected chi connectivity index (χ0v) is 17.9. The molecule has 1 aromatic heterocycles. The molecule has 2 heterocycles. The fourth-order valence-corrected chi connectivity index (χ4v) is 4.67. The van der Waals surface area contributed by atoms with E-state index < -0.39 is 27.1 Å². The van der Waals surface area contributed by atoms with Crippen molar-refractivity contribution in [1.29, 1.82) is 5.26 Å². The van der Waals surface area contributed by atoms with E-state index in [1.54, 1.807) is 12.1 Å². The number of anilines is 1. The number of imide groups is 1. The average molecular weight is 445 g/mol. The Morgan fingerprint density at radius 2 is 1.93 bits per heavy atom. The monoisotopic (exact) mass is 444 g/mol. The first kappa shape index (κ1) is 22.0. The van der Waals surface area contributed by atoms with Crippen molar-refractivity contribution in [3.63, 3.8) is 0 Å². The van der Waals surface area contributed by atoms with Crippen LogP contribution in [0.3, 0.4) is 0 Å². The molecule has 1 aliphatic heterocycles. The number of nitrogens with two attached hydrogens (primary N) is 1. The lowest BCUT2D eigenvalue weighted by atomic mass is 10.2. The molecule has 2 amide bonds. The molecule has 0 saturated carbocycles. The molecule has 1 fully saturated rings. The molecule has 0 spiro atoms. The zero-order chi connectivity index (χ0) is 21.9. The number of aromatic nitrogens is 1. The molecule has 30 heavy (non-hydrogen) atoms. The normalized spacial score (nSPS) is 16.7. The van der Waals surface area contributed by atoms with Crippen LogP contribution in [0.5, 0.6) is 0 Å². The van der Waals surface area contributed by atoms with Crippen LogP contribution in [0.2, 0.25) is 0 Å². The van der Waals surface area contributed by atoms with Crippen LogP contribution >= 0.6 is 11.8 Å². The Hall–Kier alpha value is -2.74. The average Bonchev–Trinajstić information content (AvgIpc) is 2.99. The van der Waals surface area contributed by atoms with Crippen molar-refractivity contribution in [3.8, 4) is 6.07 Å². The van der Waals surface area contributed by atoms with E-state index in [2.05, 4.69) is 18.0 Å². The number of pyridine rings is 1. The standard InChI is InChI=1S/C20H20N4O4S2/c1-2-3-4-14-6-5-13(12-21)19(23-14)29-17-11-18(25)24(20(17)26)15-7-9-16(10-8-15)30(22,27)28/h5-10,17H,2-4,11H2,1H3,(H2,22,27,28). The number of rotatable bonds is 7. The maximum Gasteiger partial charge on any atom is 0.247 e. The Morgan fingerprint density at radius 1 is 1.23 bits per heavy atom. The van der Waals surface area contributed by atoms with E-state index in [9.17, 15) is 23.3 Å². The smallest absolute Gasteiger partial charge is 0.247 e. The SMILES string of the molecule is CCCCc1ccc(C#N)c(SC2CC(=O)N(c3ccc(S(N)(=O)=O)cc3)C2=O)n1. The Labute approximate surface area is 179 Å². The van der Waals surface area contributed by atoms with Gasteiger partial charge in [-0.3, -0.25) is 9.59 Å². The molecule has 2 N–H and O–H groups in total. The number of hydrogen-bond donors (Lipinski definition) is 1.